The zero-order valence-corrected chi connectivity index (χ0v) is 12.8. The van der Waals surface area contributed by atoms with Gasteiger partial charge in [0.1, 0.15) is 0 Å². The Balaban J connectivity index is 1.69. The summed E-state index contributed by atoms with van der Waals surface area (Å²) in [5.74, 6) is -0.748. The molecule has 0 unspecified atom stereocenters. The van der Waals surface area contributed by atoms with Gasteiger partial charge in [0.15, 0.2) is 0 Å². The number of nitro groups is 1. The predicted octanol–water partition coefficient (Wildman–Crippen LogP) is 1.98. The highest BCUT2D eigenvalue weighted by atomic mass is 32.1. The number of hydrogen-bond donors (Lipinski definition) is 1. The monoisotopic (exact) mass is 330 g/mol. The molecular formula is C15H12N3O4S-. The number of rotatable bonds is 4. The Kier molecular flexibility index (Phi) is 4.07. The second kappa shape index (κ2) is 6.17. The maximum atomic E-state index is 12.0. The minimum atomic E-state index is -0.595. The van der Waals surface area contributed by atoms with E-state index in [0.717, 1.165) is 43.7 Å². The number of benzene rings is 1. The second-order valence-corrected chi connectivity index (χ2v) is 6.23. The number of hydrogen-bond acceptors (Lipinski definition) is 6. The zero-order valence-electron chi connectivity index (χ0n) is 11.9. The molecule has 118 valence electrons. The van der Waals surface area contributed by atoms with E-state index >= 15 is 0 Å². The first-order valence-electron chi connectivity index (χ1n) is 6.95. The van der Waals surface area contributed by atoms with Crippen molar-refractivity contribution in [2.24, 2.45) is 5.10 Å². The average molecular weight is 330 g/mol. The van der Waals surface area contributed by atoms with Crippen molar-refractivity contribution in [1.29, 1.82) is 0 Å². The number of non-ortho nitro benzene ring substituents is 1. The molecule has 0 radical (unpaired) electrons. The standard InChI is InChI=1S/C15H13N3O4S/c19-12-5-4-11(18(21)22)6-10(12)8-16-17-15(20)14-7-9-2-1-3-13(9)23-14/h4-8,19H,1-3H2,(H,17,20)/p-1/b16-8-. The van der Waals surface area contributed by atoms with Crippen molar-refractivity contribution in [3.63, 3.8) is 0 Å². The summed E-state index contributed by atoms with van der Waals surface area (Å²) in [5, 5.41) is 26.0. The first-order chi connectivity index (χ1) is 11.0. The molecule has 0 atom stereocenters. The van der Waals surface area contributed by atoms with Gasteiger partial charge in [-0.05, 0) is 36.5 Å². The van der Waals surface area contributed by atoms with Gasteiger partial charge in [-0.25, -0.2) is 5.43 Å². The number of fused-ring (bicyclic) bond motifs is 1. The van der Waals surface area contributed by atoms with Gasteiger partial charge in [-0.3, -0.25) is 14.9 Å². The minimum Gasteiger partial charge on any atom is -0.872 e. The summed E-state index contributed by atoms with van der Waals surface area (Å²) >= 11 is 1.45. The summed E-state index contributed by atoms with van der Waals surface area (Å²) in [6.45, 7) is 0. The number of thiophene rings is 1. The van der Waals surface area contributed by atoms with Crippen LogP contribution < -0.4 is 10.5 Å². The van der Waals surface area contributed by atoms with Crippen LogP contribution >= 0.6 is 11.3 Å². The van der Waals surface area contributed by atoms with Gasteiger partial charge >= 0.3 is 0 Å². The maximum absolute atomic E-state index is 12.0. The third-order valence-corrected chi connectivity index (χ3v) is 4.78. The summed E-state index contributed by atoms with van der Waals surface area (Å²) in [6.07, 6.45) is 4.24. The molecule has 0 bridgehead atoms. The van der Waals surface area contributed by atoms with Gasteiger partial charge < -0.3 is 5.11 Å². The SMILES string of the molecule is O=C(N/N=C\c1cc([N+](=O)[O-])ccc1[O-])c1cc2c(s1)CCC2. The van der Waals surface area contributed by atoms with Crippen LogP contribution in [-0.2, 0) is 12.8 Å². The summed E-state index contributed by atoms with van der Waals surface area (Å²) in [7, 11) is 0. The molecule has 0 aliphatic heterocycles. The van der Waals surface area contributed by atoms with Crippen LogP contribution in [0.5, 0.6) is 5.75 Å². The molecule has 8 heteroatoms. The molecule has 0 fully saturated rings. The normalized spacial score (nSPS) is 13.2. The molecule has 1 heterocycles. The summed E-state index contributed by atoms with van der Waals surface area (Å²) in [4.78, 5) is 23.9. The average Bonchev–Trinajstić information content (AvgIpc) is 3.10. The van der Waals surface area contributed by atoms with Crippen LogP contribution in [0.15, 0.2) is 29.4 Å². The van der Waals surface area contributed by atoms with Crippen molar-refractivity contribution in [1.82, 2.24) is 5.43 Å². The second-order valence-electron chi connectivity index (χ2n) is 5.09. The van der Waals surface area contributed by atoms with E-state index in [1.165, 1.54) is 21.8 Å². The Morgan fingerprint density at radius 1 is 1.35 bits per heavy atom. The van der Waals surface area contributed by atoms with Gasteiger partial charge in [0.2, 0.25) is 0 Å². The molecule has 1 aromatic carbocycles. The number of carbonyl (C=O) groups excluding carboxylic acids is 1. The van der Waals surface area contributed by atoms with Crippen LogP contribution in [-0.4, -0.2) is 17.0 Å². The number of nitrogens with zero attached hydrogens (tertiary/aromatic N) is 2. The minimum absolute atomic E-state index is 0.0492. The van der Waals surface area contributed by atoms with Crippen LogP contribution in [0.2, 0.25) is 0 Å². The molecule has 1 aromatic heterocycles. The largest absolute Gasteiger partial charge is 0.872 e. The van der Waals surface area contributed by atoms with Crippen LogP contribution in [0, 0.1) is 10.1 Å². The molecule has 1 aliphatic rings. The van der Waals surface area contributed by atoms with Crippen LogP contribution in [0.3, 0.4) is 0 Å². The lowest BCUT2D eigenvalue weighted by molar-refractivity contribution is -0.385. The number of amides is 1. The topological polar surface area (TPSA) is 108 Å². The lowest BCUT2D eigenvalue weighted by atomic mass is 10.2. The molecule has 2 aromatic rings. The number of aryl methyl sites for hydroxylation is 2. The summed E-state index contributed by atoms with van der Waals surface area (Å²) in [5.41, 5.74) is 3.40. The van der Waals surface area contributed by atoms with E-state index in [4.69, 9.17) is 0 Å². The zero-order chi connectivity index (χ0) is 16.4. The molecule has 3 rings (SSSR count). The maximum Gasteiger partial charge on any atom is 0.281 e. The lowest BCUT2D eigenvalue weighted by Crippen LogP contribution is -2.16. The van der Waals surface area contributed by atoms with Gasteiger partial charge in [0, 0.05) is 17.0 Å². The number of carbonyl (C=O) groups is 1. The molecule has 1 aliphatic carbocycles. The van der Waals surface area contributed by atoms with E-state index in [1.807, 2.05) is 6.07 Å². The Morgan fingerprint density at radius 2 is 2.17 bits per heavy atom. The molecule has 7 nitrogen and oxygen atoms in total. The van der Waals surface area contributed by atoms with Gasteiger partial charge in [0.25, 0.3) is 11.6 Å². The number of nitrogens with one attached hydrogen (secondary N) is 1. The van der Waals surface area contributed by atoms with E-state index in [1.54, 1.807) is 0 Å². The quantitative estimate of drug-likeness (QED) is 0.525. The molecule has 0 saturated carbocycles. The van der Waals surface area contributed by atoms with Crippen LogP contribution in [0.25, 0.3) is 0 Å². The fourth-order valence-corrected chi connectivity index (χ4v) is 3.55. The van der Waals surface area contributed by atoms with Crippen molar-refractivity contribution < 1.29 is 14.8 Å². The van der Waals surface area contributed by atoms with Gasteiger partial charge in [-0.15, -0.1) is 11.3 Å². The van der Waals surface area contributed by atoms with Crippen molar-refractivity contribution >= 4 is 29.1 Å². The van der Waals surface area contributed by atoms with Crippen molar-refractivity contribution in [3.05, 3.63) is 55.3 Å². The van der Waals surface area contributed by atoms with Crippen molar-refractivity contribution in [2.45, 2.75) is 19.3 Å². The Bertz CT molecular complexity index is 792. The van der Waals surface area contributed by atoms with Gasteiger partial charge in [0.05, 0.1) is 16.0 Å². The van der Waals surface area contributed by atoms with Crippen molar-refractivity contribution in [2.75, 3.05) is 0 Å². The smallest absolute Gasteiger partial charge is 0.281 e. The first-order valence-corrected chi connectivity index (χ1v) is 7.76. The molecule has 0 saturated heterocycles. The van der Waals surface area contributed by atoms with E-state index < -0.39 is 10.7 Å². The molecule has 0 spiro atoms. The highest BCUT2D eigenvalue weighted by molar-refractivity contribution is 7.14. The first kappa shape index (κ1) is 15.2. The fraction of sp³-hybridized carbons (Fsp3) is 0.200. The van der Waals surface area contributed by atoms with Crippen LogP contribution in [0.1, 0.15) is 32.1 Å². The van der Waals surface area contributed by atoms with E-state index in [0.29, 0.717) is 4.88 Å². The van der Waals surface area contributed by atoms with E-state index in [9.17, 15) is 20.0 Å². The molecule has 1 amide bonds. The third-order valence-electron chi connectivity index (χ3n) is 3.54. The highest BCUT2D eigenvalue weighted by Gasteiger charge is 2.18. The highest BCUT2D eigenvalue weighted by Crippen LogP contribution is 2.30. The third kappa shape index (κ3) is 3.21. The van der Waals surface area contributed by atoms with E-state index in [2.05, 4.69) is 10.5 Å². The number of nitro benzene ring substituents is 1. The molecule has 23 heavy (non-hydrogen) atoms. The van der Waals surface area contributed by atoms with E-state index in [-0.39, 0.29) is 17.2 Å². The Hall–Kier alpha value is -2.74. The number of hydrazone groups is 1. The van der Waals surface area contributed by atoms with Crippen molar-refractivity contribution in [3.8, 4) is 5.75 Å². The summed E-state index contributed by atoms with van der Waals surface area (Å²) in [6, 6.07) is 5.22. The van der Waals surface area contributed by atoms with Gasteiger partial charge in [-0.2, -0.15) is 5.10 Å². The lowest BCUT2D eigenvalue weighted by Gasteiger charge is -2.08. The molecular weight excluding hydrogens is 318 g/mol. The molecule has 1 N–H and O–H groups in total. The van der Waals surface area contributed by atoms with Gasteiger partial charge in [-0.1, -0.05) is 11.8 Å². The predicted molar refractivity (Wildman–Crippen MR) is 83.9 cm³/mol. The summed E-state index contributed by atoms with van der Waals surface area (Å²) < 4.78 is 0. The fourth-order valence-electron chi connectivity index (χ4n) is 2.41. The Morgan fingerprint density at radius 3 is 2.91 bits per heavy atom. The van der Waals surface area contributed by atoms with Crippen LogP contribution in [0.4, 0.5) is 5.69 Å². The Labute approximate surface area is 135 Å².